The van der Waals surface area contributed by atoms with E-state index in [1.807, 2.05) is 6.92 Å². The van der Waals surface area contributed by atoms with E-state index in [1.165, 1.54) is 16.8 Å². The number of nitrogens with one attached hydrogen (secondary N) is 2. The Bertz CT molecular complexity index is 879. The normalized spacial score (nSPS) is 15.2. The van der Waals surface area contributed by atoms with Crippen molar-refractivity contribution in [3.8, 4) is 11.5 Å². The Morgan fingerprint density at radius 3 is 2.73 bits per heavy atom. The highest BCUT2D eigenvalue weighted by Crippen LogP contribution is 2.30. The second-order valence-electron chi connectivity index (χ2n) is 5.59. The molecule has 1 aromatic heterocycles. The van der Waals surface area contributed by atoms with E-state index in [2.05, 4.69) is 16.0 Å². The number of aromatic nitrogens is 2. The zero-order valence-electron chi connectivity index (χ0n) is 14.1. The molecule has 2 N–H and O–H groups in total. The zero-order chi connectivity index (χ0) is 18.5. The van der Waals surface area contributed by atoms with Crippen molar-refractivity contribution in [1.29, 1.82) is 0 Å². The molecule has 3 rings (SSSR count). The smallest absolute Gasteiger partial charge is 0.290 e. The Balaban J connectivity index is 1.59. The molecule has 0 saturated heterocycles. The molecular weight excluding hydrogens is 340 g/mol. The molecule has 2 amide bonds. The number of fused-ring (bicyclic) bond motifs is 1. The monoisotopic (exact) mass is 358 g/mol. The summed E-state index contributed by atoms with van der Waals surface area (Å²) in [5.74, 6) is -0.184. The van der Waals surface area contributed by atoms with Gasteiger partial charge in [0, 0.05) is 12.6 Å². The maximum absolute atomic E-state index is 12.2. The van der Waals surface area contributed by atoms with Crippen LogP contribution in [0.4, 0.5) is 0 Å². The molecule has 1 aliphatic heterocycles. The molecule has 0 unspecified atom stereocenters. The maximum Gasteiger partial charge on any atom is 0.290 e. The molecule has 2 aromatic rings. The number of amides is 2. The molecular formula is C17H18N4O5. The zero-order valence-corrected chi connectivity index (χ0v) is 14.1. The van der Waals surface area contributed by atoms with Crippen molar-refractivity contribution in [1.82, 2.24) is 20.6 Å². The summed E-state index contributed by atoms with van der Waals surface area (Å²) in [6.07, 6.45) is -0.193. The van der Waals surface area contributed by atoms with Crippen molar-refractivity contribution >= 4 is 11.8 Å². The molecule has 1 aromatic carbocycles. The summed E-state index contributed by atoms with van der Waals surface area (Å²) < 4.78 is 12.2. The highest BCUT2D eigenvalue weighted by atomic mass is 16.6. The van der Waals surface area contributed by atoms with Crippen molar-refractivity contribution in [2.24, 2.45) is 0 Å². The van der Waals surface area contributed by atoms with Gasteiger partial charge in [-0.05, 0) is 24.6 Å². The van der Waals surface area contributed by atoms with Crippen LogP contribution in [0.3, 0.4) is 0 Å². The predicted molar refractivity (Wildman–Crippen MR) is 90.7 cm³/mol. The second kappa shape index (κ2) is 7.68. The SMILES string of the molecule is CCCn1nc(C(=O)NNC(=O)[C@@H]2COc3ccccc3O2)ccc1=O. The number of hydrogen-bond acceptors (Lipinski definition) is 6. The molecule has 2 heterocycles. The quantitative estimate of drug-likeness (QED) is 0.758. The van der Waals surface area contributed by atoms with E-state index in [0.717, 1.165) is 0 Å². The van der Waals surface area contributed by atoms with Crippen LogP contribution in [-0.2, 0) is 11.3 Å². The predicted octanol–water partition coefficient (Wildman–Crippen LogP) is 0.254. The largest absolute Gasteiger partial charge is 0.485 e. The number of nitrogens with zero attached hydrogens (tertiary/aromatic N) is 2. The van der Waals surface area contributed by atoms with E-state index < -0.39 is 17.9 Å². The van der Waals surface area contributed by atoms with Gasteiger partial charge in [-0.3, -0.25) is 25.2 Å². The van der Waals surface area contributed by atoms with E-state index in [1.54, 1.807) is 24.3 Å². The number of carbonyl (C=O) groups excluding carboxylic acids is 2. The van der Waals surface area contributed by atoms with Crippen LogP contribution in [0, 0.1) is 0 Å². The lowest BCUT2D eigenvalue weighted by atomic mass is 10.2. The Hall–Kier alpha value is -3.36. The number of benzene rings is 1. The third-order valence-corrected chi connectivity index (χ3v) is 3.63. The van der Waals surface area contributed by atoms with Gasteiger partial charge in [0.25, 0.3) is 17.4 Å². The standard InChI is InChI=1S/C17H18N4O5/c1-2-9-21-15(22)8-7-11(20-21)16(23)18-19-17(24)14-10-25-12-5-3-4-6-13(12)26-14/h3-8,14H,2,9-10H2,1H3,(H,18,23)(H,19,24)/t14-/m0/s1. The van der Waals surface area contributed by atoms with Gasteiger partial charge in [0.2, 0.25) is 6.10 Å². The van der Waals surface area contributed by atoms with Crippen LogP contribution in [0.25, 0.3) is 0 Å². The summed E-state index contributed by atoms with van der Waals surface area (Å²) in [6, 6.07) is 9.55. The van der Waals surface area contributed by atoms with Gasteiger partial charge in [0.1, 0.15) is 6.61 Å². The van der Waals surface area contributed by atoms with Gasteiger partial charge < -0.3 is 9.47 Å². The molecule has 0 fully saturated rings. The van der Waals surface area contributed by atoms with E-state index in [-0.39, 0.29) is 17.9 Å². The first-order valence-electron chi connectivity index (χ1n) is 8.15. The summed E-state index contributed by atoms with van der Waals surface area (Å²) >= 11 is 0. The molecule has 26 heavy (non-hydrogen) atoms. The fraction of sp³-hybridized carbons (Fsp3) is 0.294. The van der Waals surface area contributed by atoms with Crippen molar-refractivity contribution in [2.75, 3.05) is 6.61 Å². The van der Waals surface area contributed by atoms with Gasteiger partial charge in [0.15, 0.2) is 17.2 Å². The molecule has 0 radical (unpaired) electrons. The third-order valence-electron chi connectivity index (χ3n) is 3.63. The molecule has 0 spiro atoms. The fourth-order valence-electron chi connectivity index (χ4n) is 2.35. The first kappa shape index (κ1) is 17.5. The van der Waals surface area contributed by atoms with Crippen molar-refractivity contribution in [2.45, 2.75) is 26.0 Å². The van der Waals surface area contributed by atoms with Crippen LogP contribution in [0.1, 0.15) is 23.8 Å². The van der Waals surface area contributed by atoms with E-state index in [9.17, 15) is 14.4 Å². The second-order valence-corrected chi connectivity index (χ2v) is 5.59. The lowest BCUT2D eigenvalue weighted by molar-refractivity contribution is -0.131. The highest BCUT2D eigenvalue weighted by Gasteiger charge is 2.27. The number of rotatable bonds is 4. The summed E-state index contributed by atoms with van der Waals surface area (Å²) in [5, 5.41) is 3.97. The van der Waals surface area contributed by atoms with Crippen LogP contribution >= 0.6 is 0 Å². The molecule has 0 aliphatic carbocycles. The van der Waals surface area contributed by atoms with Crippen molar-refractivity contribution in [3.63, 3.8) is 0 Å². The van der Waals surface area contributed by atoms with Crippen molar-refractivity contribution < 1.29 is 19.1 Å². The van der Waals surface area contributed by atoms with Crippen LogP contribution < -0.4 is 25.9 Å². The number of para-hydroxylation sites is 2. The highest BCUT2D eigenvalue weighted by molar-refractivity contribution is 5.94. The Labute approximate surface area is 148 Å². The Kier molecular flexibility index (Phi) is 5.16. The number of hydrogen-bond donors (Lipinski definition) is 2. The molecule has 0 saturated carbocycles. The molecule has 0 bridgehead atoms. The van der Waals surface area contributed by atoms with Gasteiger partial charge in [-0.15, -0.1) is 0 Å². The van der Waals surface area contributed by atoms with Crippen LogP contribution in [0.15, 0.2) is 41.2 Å². The lowest BCUT2D eigenvalue weighted by Gasteiger charge is -2.25. The Morgan fingerprint density at radius 1 is 1.19 bits per heavy atom. The van der Waals surface area contributed by atoms with Gasteiger partial charge >= 0.3 is 0 Å². The minimum absolute atomic E-state index is 0.0181. The summed E-state index contributed by atoms with van der Waals surface area (Å²) in [4.78, 5) is 35.9. The summed E-state index contributed by atoms with van der Waals surface area (Å²) in [7, 11) is 0. The molecule has 1 aliphatic rings. The molecule has 9 heteroatoms. The molecule has 1 atom stereocenters. The number of hydrazine groups is 1. The number of aryl methyl sites for hydroxylation is 1. The minimum Gasteiger partial charge on any atom is -0.485 e. The topological polar surface area (TPSA) is 112 Å². The average Bonchev–Trinajstić information content (AvgIpc) is 2.67. The first-order valence-corrected chi connectivity index (χ1v) is 8.15. The number of carbonyl (C=O) groups is 2. The minimum atomic E-state index is -0.896. The Morgan fingerprint density at radius 2 is 1.96 bits per heavy atom. The van der Waals surface area contributed by atoms with Crippen molar-refractivity contribution in [3.05, 3.63) is 52.4 Å². The fourth-order valence-corrected chi connectivity index (χ4v) is 2.35. The van der Waals surface area contributed by atoms with E-state index >= 15 is 0 Å². The van der Waals surface area contributed by atoms with Gasteiger partial charge in [-0.1, -0.05) is 19.1 Å². The van der Waals surface area contributed by atoms with Gasteiger partial charge in [-0.2, -0.15) is 5.10 Å². The van der Waals surface area contributed by atoms with Crippen LogP contribution in [-0.4, -0.2) is 34.3 Å². The molecule has 136 valence electrons. The van der Waals surface area contributed by atoms with Gasteiger partial charge in [-0.25, -0.2) is 4.68 Å². The molecule has 9 nitrogen and oxygen atoms in total. The van der Waals surface area contributed by atoms with Crippen LogP contribution in [0.2, 0.25) is 0 Å². The summed E-state index contributed by atoms with van der Waals surface area (Å²) in [6.45, 7) is 2.32. The van der Waals surface area contributed by atoms with E-state index in [4.69, 9.17) is 9.47 Å². The van der Waals surface area contributed by atoms with Crippen LogP contribution in [0.5, 0.6) is 11.5 Å². The summed E-state index contributed by atoms with van der Waals surface area (Å²) in [5.41, 5.74) is 4.26. The van der Waals surface area contributed by atoms with Gasteiger partial charge in [0.05, 0.1) is 0 Å². The van der Waals surface area contributed by atoms with E-state index in [0.29, 0.717) is 24.5 Å². The number of ether oxygens (including phenoxy) is 2. The lowest BCUT2D eigenvalue weighted by Crippen LogP contribution is -2.51. The average molecular weight is 358 g/mol. The first-order chi connectivity index (χ1) is 12.6. The third kappa shape index (κ3) is 3.82. The maximum atomic E-state index is 12.2.